The fraction of sp³-hybridized carbons (Fsp3) is 0.273. The third kappa shape index (κ3) is 2.38. The van der Waals surface area contributed by atoms with Gasteiger partial charge in [0, 0.05) is 18.8 Å². The van der Waals surface area contributed by atoms with Crippen molar-refractivity contribution in [3.8, 4) is 11.6 Å². The lowest BCUT2D eigenvalue weighted by Gasteiger charge is -2.01. The molecule has 0 fully saturated rings. The van der Waals surface area contributed by atoms with Gasteiger partial charge in [-0.25, -0.2) is 4.98 Å². The summed E-state index contributed by atoms with van der Waals surface area (Å²) < 4.78 is 7.26. The number of aliphatic hydroxyl groups excluding tert-OH is 1. The molecule has 0 bridgehead atoms. The van der Waals surface area contributed by atoms with E-state index in [1.54, 1.807) is 29.2 Å². The molecule has 2 rings (SSSR count). The molecule has 84 valence electrons. The Bertz CT molecular complexity index is 451. The minimum Gasteiger partial charge on any atom is -0.436 e. The number of nitrogens with zero attached hydrogens (tertiary/aromatic N) is 3. The number of aliphatic hydroxyl groups is 1. The maximum Gasteiger partial charge on any atom is 0.219 e. The third-order valence-corrected chi connectivity index (χ3v) is 2.14. The summed E-state index contributed by atoms with van der Waals surface area (Å²) in [5, 5.41) is 12.9. The highest BCUT2D eigenvalue weighted by Gasteiger charge is 2.01. The van der Waals surface area contributed by atoms with Crippen LogP contribution in [0.4, 0.5) is 0 Å². The summed E-state index contributed by atoms with van der Waals surface area (Å²) >= 11 is 0. The Kier molecular flexibility index (Phi) is 3.16. The second-order valence-electron chi connectivity index (χ2n) is 3.30. The second kappa shape index (κ2) is 4.76. The molecule has 0 saturated carbocycles. The van der Waals surface area contributed by atoms with Gasteiger partial charge in [0.25, 0.3) is 0 Å². The molecule has 2 aromatic rings. The van der Waals surface area contributed by atoms with Gasteiger partial charge in [-0.15, -0.1) is 0 Å². The molecule has 0 aliphatic carbocycles. The van der Waals surface area contributed by atoms with Gasteiger partial charge in [0.1, 0.15) is 0 Å². The summed E-state index contributed by atoms with van der Waals surface area (Å²) in [6.07, 6.45) is 5.03. The molecule has 5 nitrogen and oxygen atoms in total. The van der Waals surface area contributed by atoms with Gasteiger partial charge in [-0.05, 0) is 18.6 Å². The largest absolute Gasteiger partial charge is 0.436 e. The maximum atomic E-state index is 8.86. The number of hydrogen-bond donors (Lipinski definition) is 1. The number of rotatable bonds is 4. The van der Waals surface area contributed by atoms with Crippen LogP contribution in [0.25, 0.3) is 0 Å². The highest BCUT2D eigenvalue weighted by Crippen LogP contribution is 2.18. The Labute approximate surface area is 93.3 Å². The zero-order chi connectivity index (χ0) is 11.4. The van der Waals surface area contributed by atoms with E-state index in [0.29, 0.717) is 11.6 Å². The van der Waals surface area contributed by atoms with E-state index < -0.39 is 0 Å². The van der Waals surface area contributed by atoms with Gasteiger partial charge >= 0.3 is 0 Å². The molecule has 16 heavy (non-hydrogen) atoms. The molecule has 0 aliphatic heterocycles. The SMILES string of the molecule is CCn1cc(Oc2ccc(CO)cn2)cn1. The van der Waals surface area contributed by atoms with E-state index in [-0.39, 0.29) is 6.61 Å². The minimum atomic E-state index is -0.0128. The summed E-state index contributed by atoms with van der Waals surface area (Å²) in [5.41, 5.74) is 0.761. The first kappa shape index (κ1) is 10.6. The van der Waals surface area contributed by atoms with Crippen LogP contribution in [0.2, 0.25) is 0 Å². The molecular weight excluding hydrogens is 206 g/mol. The number of ether oxygens (including phenoxy) is 1. The van der Waals surface area contributed by atoms with E-state index in [2.05, 4.69) is 10.1 Å². The van der Waals surface area contributed by atoms with Crippen LogP contribution < -0.4 is 4.74 Å². The Balaban J connectivity index is 2.08. The highest BCUT2D eigenvalue weighted by atomic mass is 16.5. The van der Waals surface area contributed by atoms with E-state index in [1.165, 1.54) is 0 Å². The normalized spacial score (nSPS) is 10.4. The molecule has 2 heterocycles. The molecule has 0 aromatic carbocycles. The van der Waals surface area contributed by atoms with E-state index in [0.717, 1.165) is 12.1 Å². The molecule has 0 saturated heterocycles. The van der Waals surface area contributed by atoms with Gasteiger partial charge in [0.15, 0.2) is 5.75 Å². The van der Waals surface area contributed by atoms with Crippen LogP contribution in [0.5, 0.6) is 11.6 Å². The zero-order valence-corrected chi connectivity index (χ0v) is 9.00. The van der Waals surface area contributed by atoms with Gasteiger partial charge in [0.05, 0.1) is 19.0 Å². The van der Waals surface area contributed by atoms with Crippen molar-refractivity contribution in [1.82, 2.24) is 14.8 Å². The second-order valence-corrected chi connectivity index (χ2v) is 3.30. The summed E-state index contributed by atoms with van der Waals surface area (Å²) in [5.74, 6) is 1.15. The molecule has 5 heteroatoms. The Morgan fingerprint density at radius 1 is 1.38 bits per heavy atom. The molecule has 0 radical (unpaired) electrons. The first-order valence-corrected chi connectivity index (χ1v) is 5.08. The van der Waals surface area contributed by atoms with Crippen molar-refractivity contribution < 1.29 is 9.84 Å². The fourth-order valence-electron chi connectivity index (χ4n) is 1.26. The van der Waals surface area contributed by atoms with Crippen LogP contribution in [0, 0.1) is 0 Å². The number of hydrogen-bond acceptors (Lipinski definition) is 4. The summed E-state index contributed by atoms with van der Waals surface area (Å²) in [7, 11) is 0. The smallest absolute Gasteiger partial charge is 0.219 e. The van der Waals surface area contributed by atoms with E-state index >= 15 is 0 Å². The standard InChI is InChI=1S/C11H13N3O2/c1-2-14-7-10(6-13-14)16-11-4-3-9(8-15)5-12-11/h3-7,15H,2,8H2,1H3. The minimum absolute atomic E-state index is 0.0128. The van der Waals surface area contributed by atoms with Crippen LogP contribution in [0.1, 0.15) is 12.5 Å². The summed E-state index contributed by atoms with van der Waals surface area (Å²) in [6.45, 7) is 2.80. The third-order valence-electron chi connectivity index (χ3n) is 2.14. The van der Waals surface area contributed by atoms with Gasteiger partial charge in [-0.2, -0.15) is 5.10 Å². The van der Waals surface area contributed by atoms with E-state index in [1.807, 2.05) is 13.1 Å². The predicted molar refractivity (Wildman–Crippen MR) is 58.1 cm³/mol. The van der Waals surface area contributed by atoms with E-state index in [4.69, 9.17) is 9.84 Å². The lowest BCUT2D eigenvalue weighted by atomic mass is 10.3. The first-order chi connectivity index (χ1) is 7.81. The maximum absolute atomic E-state index is 8.86. The quantitative estimate of drug-likeness (QED) is 0.848. The highest BCUT2D eigenvalue weighted by molar-refractivity contribution is 5.23. The average Bonchev–Trinajstić information content (AvgIpc) is 2.78. The van der Waals surface area contributed by atoms with Gasteiger partial charge in [-0.1, -0.05) is 0 Å². The van der Waals surface area contributed by atoms with Crippen molar-refractivity contribution in [2.45, 2.75) is 20.1 Å². The van der Waals surface area contributed by atoms with Crippen molar-refractivity contribution in [3.05, 3.63) is 36.3 Å². The molecule has 0 amide bonds. The van der Waals surface area contributed by atoms with Crippen molar-refractivity contribution in [2.24, 2.45) is 0 Å². The molecule has 0 aliphatic rings. The Morgan fingerprint density at radius 2 is 2.25 bits per heavy atom. The summed E-state index contributed by atoms with van der Waals surface area (Å²) in [6, 6.07) is 3.49. The lowest BCUT2D eigenvalue weighted by molar-refractivity contribution is 0.281. The Morgan fingerprint density at radius 3 is 2.81 bits per heavy atom. The lowest BCUT2D eigenvalue weighted by Crippen LogP contribution is -1.92. The monoisotopic (exact) mass is 219 g/mol. The van der Waals surface area contributed by atoms with Crippen LogP contribution >= 0.6 is 0 Å². The number of aromatic nitrogens is 3. The number of aryl methyl sites for hydroxylation is 1. The predicted octanol–water partition coefficient (Wildman–Crippen LogP) is 1.58. The van der Waals surface area contributed by atoms with Crippen LogP contribution in [-0.2, 0) is 13.2 Å². The summed E-state index contributed by atoms with van der Waals surface area (Å²) in [4.78, 5) is 4.06. The van der Waals surface area contributed by atoms with Gasteiger partial charge in [-0.3, -0.25) is 4.68 Å². The van der Waals surface area contributed by atoms with Crippen molar-refractivity contribution in [3.63, 3.8) is 0 Å². The van der Waals surface area contributed by atoms with Gasteiger partial charge < -0.3 is 9.84 Å². The Hall–Kier alpha value is -1.88. The molecular formula is C11H13N3O2. The topological polar surface area (TPSA) is 60.2 Å². The molecule has 0 unspecified atom stereocenters. The van der Waals surface area contributed by atoms with Crippen LogP contribution in [-0.4, -0.2) is 19.9 Å². The van der Waals surface area contributed by atoms with Crippen molar-refractivity contribution in [2.75, 3.05) is 0 Å². The molecule has 0 spiro atoms. The molecule has 0 atom stereocenters. The number of pyridine rings is 1. The van der Waals surface area contributed by atoms with Crippen LogP contribution in [0.15, 0.2) is 30.7 Å². The molecule has 1 N–H and O–H groups in total. The fourth-order valence-corrected chi connectivity index (χ4v) is 1.26. The van der Waals surface area contributed by atoms with Crippen LogP contribution in [0.3, 0.4) is 0 Å². The van der Waals surface area contributed by atoms with Crippen molar-refractivity contribution in [1.29, 1.82) is 0 Å². The van der Waals surface area contributed by atoms with Gasteiger partial charge in [0.2, 0.25) is 5.88 Å². The zero-order valence-electron chi connectivity index (χ0n) is 9.00. The van der Waals surface area contributed by atoms with E-state index in [9.17, 15) is 0 Å². The molecule has 2 aromatic heterocycles. The first-order valence-electron chi connectivity index (χ1n) is 5.08. The van der Waals surface area contributed by atoms with Crippen molar-refractivity contribution >= 4 is 0 Å². The average molecular weight is 219 g/mol.